The van der Waals surface area contributed by atoms with Gasteiger partial charge in [-0.1, -0.05) is 11.6 Å². The highest BCUT2D eigenvalue weighted by atomic mass is 35.5. The van der Waals surface area contributed by atoms with Crippen LogP contribution in [0.15, 0.2) is 12.3 Å². The van der Waals surface area contributed by atoms with Crippen molar-refractivity contribution < 1.29 is 13.2 Å². The van der Waals surface area contributed by atoms with Crippen molar-refractivity contribution in [3.63, 3.8) is 0 Å². The Morgan fingerprint density at radius 2 is 2.21 bits per heavy atom. The zero-order valence-electron chi connectivity index (χ0n) is 7.32. The van der Waals surface area contributed by atoms with Crippen molar-refractivity contribution in [2.24, 2.45) is 0 Å². The summed E-state index contributed by atoms with van der Waals surface area (Å²) < 4.78 is 37.7. The number of halogens is 4. The van der Waals surface area contributed by atoms with E-state index in [9.17, 15) is 13.2 Å². The van der Waals surface area contributed by atoms with E-state index in [2.05, 4.69) is 10.3 Å². The average molecular weight is 225 g/mol. The van der Waals surface area contributed by atoms with Gasteiger partial charge in [0.1, 0.15) is 0 Å². The molecule has 1 aromatic heterocycles. The molecule has 0 saturated heterocycles. The first-order valence-electron chi connectivity index (χ1n) is 3.81. The fourth-order valence-electron chi connectivity index (χ4n) is 0.784. The van der Waals surface area contributed by atoms with Gasteiger partial charge in [0.2, 0.25) is 0 Å². The first kappa shape index (κ1) is 11.1. The Bertz CT molecular complexity index is 325. The predicted octanol–water partition coefficient (Wildman–Crippen LogP) is 2.94. The van der Waals surface area contributed by atoms with E-state index in [1.807, 2.05) is 0 Å². The second-order valence-corrected chi connectivity index (χ2v) is 3.34. The van der Waals surface area contributed by atoms with E-state index in [-0.39, 0.29) is 10.8 Å². The normalized spacial score (nSPS) is 11.5. The summed E-state index contributed by atoms with van der Waals surface area (Å²) in [5.74, 6) is -3.88. The van der Waals surface area contributed by atoms with Crippen molar-refractivity contribution in [2.75, 3.05) is 11.9 Å². The summed E-state index contributed by atoms with van der Waals surface area (Å²) >= 11 is 5.43. The Kier molecular flexibility index (Phi) is 3.21. The van der Waals surface area contributed by atoms with E-state index in [1.54, 1.807) is 0 Å². The van der Waals surface area contributed by atoms with Crippen LogP contribution in [0, 0.1) is 5.82 Å². The fourth-order valence-corrected chi connectivity index (χ4v) is 0.928. The SMILES string of the molecule is CC(F)(F)CNc1ncc(Cl)cc1F. The molecular weight excluding hydrogens is 217 g/mol. The predicted molar refractivity (Wildman–Crippen MR) is 48.3 cm³/mol. The van der Waals surface area contributed by atoms with E-state index in [1.165, 1.54) is 6.20 Å². The number of aromatic nitrogens is 1. The number of rotatable bonds is 3. The molecule has 0 amide bonds. The molecule has 0 aliphatic rings. The quantitative estimate of drug-likeness (QED) is 0.854. The van der Waals surface area contributed by atoms with Crippen molar-refractivity contribution in [1.29, 1.82) is 0 Å². The van der Waals surface area contributed by atoms with Gasteiger partial charge in [0, 0.05) is 13.1 Å². The van der Waals surface area contributed by atoms with Crippen molar-refractivity contribution in [2.45, 2.75) is 12.8 Å². The summed E-state index contributed by atoms with van der Waals surface area (Å²) in [4.78, 5) is 3.53. The Morgan fingerprint density at radius 1 is 1.57 bits per heavy atom. The third-order valence-corrected chi connectivity index (χ3v) is 1.58. The number of nitrogens with one attached hydrogen (secondary N) is 1. The highest BCUT2D eigenvalue weighted by Crippen LogP contribution is 2.17. The van der Waals surface area contributed by atoms with Gasteiger partial charge in [-0.25, -0.2) is 18.2 Å². The van der Waals surface area contributed by atoms with Crippen LogP contribution in [0.1, 0.15) is 6.92 Å². The molecule has 14 heavy (non-hydrogen) atoms. The van der Waals surface area contributed by atoms with Gasteiger partial charge in [-0.3, -0.25) is 0 Å². The molecule has 1 aromatic rings. The third-order valence-electron chi connectivity index (χ3n) is 1.37. The molecule has 1 rings (SSSR count). The molecule has 0 bridgehead atoms. The number of alkyl halides is 2. The van der Waals surface area contributed by atoms with Gasteiger partial charge < -0.3 is 5.32 Å². The summed E-state index contributed by atoms with van der Waals surface area (Å²) in [6.45, 7) is 0.0619. The van der Waals surface area contributed by atoms with E-state index in [0.717, 1.165) is 13.0 Å². The van der Waals surface area contributed by atoms with Crippen LogP contribution in [0.3, 0.4) is 0 Å². The largest absolute Gasteiger partial charge is 0.362 e. The topological polar surface area (TPSA) is 24.9 Å². The monoisotopic (exact) mass is 224 g/mol. The number of hydrogen-bond donors (Lipinski definition) is 1. The summed E-state index contributed by atoms with van der Waals surface area (Å²) in [7, 11) is 0. The lowest BCUT2D eigenvalue weighted by atomic mass is 10.3. The molecule has 78 valence electrons. The number of pyridine rings is 1. The lowest BCUT2D eigenvalue weighted by Crippen LogP contribution is -2.23. The van der Waals surface area contributed by atoms with Crippen molar-refractivity contribution in [3.05, 3.63) is 23.1 Å². The van der Waals surface area contributed by atoms with E-state index in [0.29, 0.717) is 0 Å². The van der Waals surface area contributed by atoms with Crippen LogP contribution >= 0.6 is 11.6 Å². The Morgan fingerprint density at radius 3 is 2.71 bits per heavy atom. The van der Waals surface area contributed by atoms with Gasteiger partial charge in [0.15, 0.2) is 11.6 Å². The molecule has 0 aliphatic heterocycles. The zero-order chi connectivity index (χ0) is 10.8. The molecule has 0 unspecified atom stereocenters. The number of anilines is 1. The average Bonchev–Trinajstić information content (AvgIpc) is 2.00. The van der Waals surface area contributed by atoms with Crippen LogP contribution in [0.4, 0.5) is 19.0 Å². The molecule has 0 fully saturated rings. The third kappa shape index (κ3) is 3.41. The van der Waals surface area contributed by atoms with Crippen molar-refractivity contribution in [3.8, 4) is 0 Å². The summed E-state index contributed by atoms with van der Waals surface area (Å²) in [5.41, 5.74) is 0. The molecule has 0 aromatic carbocycles. The van der Waals surface area contributed by atoms with Crippen molar-refractivity contribution in [1.82, 2.24) is 4.98 Å². The Labute approximate surface area is 84.1 Å². The van der Waals surface area contributed by atoms with E-state index < -0.39 is 18.3 Å². The lowest BCUT2D eigenvalue weighted by Gasteiger charge is -2.12. The molecule has 0 atom stereocenters. The molecule has 6 heteroatoms. The van der Waals surface area contributed by atoms with Gasteiger partial charge in [0.25, 0.3) is 5.92 Å². The molecule has 0 radical (unpaired) electrons. The second kappa shape index (κ2) is 4.04. The maximum absolute atomic E-state index is 13.0. The van der Waals surface area contributed by atoms with Crippen LogP contribution in [-0.4, -0.2) is 17.5 Å². The first-order chi connectivity index (χ1) is 6.38. The molecule has 0 aliphatic carbocycles. The first-order valence-corrected chi connectivity index (χ1v) is 4.19. The van der Waals surface area contributed by atoms with Gasteiger partial charge in [-0.2, -0.15) is 0 Å². The minimum Gasteiger partial charge on any atom is -0.362 e. The van der Waals surface area contributed by atoms with Gasteiger partial charge in [-0.15, -0.1) is 0 Å². The molecule has 1 heterocycles. The molecule has 1 N–H and O–H groups in total. The second-order valence-electron chi connectivity index (χ2n) is 2.91. The summed E-state index contributed by atoms with van der Waals surface area (Å²) in [6, 6.07) is 1.00. The number of nitrogens with zero attached hydrogens (tertiary/aromatic N) is 1. The molecule has 0 spiro atoms. The van der Waals surface area contributed by atoms with Crippen LogP contribution in [-0.2, 0) is 0 Å². The van der Waals surface area contributed by atoms with Gasteiger partial charge in [-0.05, 0) is 6.07 Å². The standard InChI is InChI=1S/C8H8ClF3N2/c1-8(11,12)4-14-7-6(10)2-5(9)3-13-7/h2-3H,4H2,1H3,(H,13,14). The van der Waals surface area contributed by atoms with Gasteiger partial charge >= 0.3 is 0 Å². The Hall–Kier alpha value is -0.970. The Balaban J connectivity index is 2.68. The molecule has 2 nitrogen and oxygen atoms in total. The molecule has 0 saturated carbocycles. The number of hydrogen-bond acceptors (Lipinski definition) is 2. The van der Waals surface area contributed by atoms with Crippen LogP contribution in [0.2, 0.25) is 5.02 Å². The zero-order valence-corrected chi connectivity index (χ0v) is 8.08. The van der Waals surface area contributed by atoms with Gasteiger partial charge in [0.05, 0.1) is 11.6 Å². The molecular formula is C8H8ClF3N2. The smallest absolute Gasteiger partial charge is 0.262 e. The maximum atomic E-state index is 13.0. The summed E-state index contributed by atoms with van der Waals surface area (Å²) in [6.07, 6.45) is 1.18. The van der Waals surface area contributed by atoms with Crippen LogP contribution in [0.5, 0.6) is 0 Å². The van der Waals surface area contributed by atoms with E-state index in [4.69, 9.17) is 11.6 Å². The fraction of sp³-hybridized carbons (Fsp3) is 0.375. The maximum Gasteiger partial charge on any atom is 0.262 e. The van der Waals surface area contributed by atoms with Crippen LogP contribution < -0.4 is 5.32 Å². The summed E-state index contributed by atoms with van der Waals surface area (Å²) in [5, 5.41) is 2.31. The highest BCUT2D eigenvalue weighted by Gasteiger charge is 2.21. The highest BCUT2D eigenvalue weighted by molar-refractivity contribution is 6.30. The van der Waals surface area contributed by atoms with E-state index >= 15 is 0 Å². The van der Waals surface area contributed by atoms with Crippen LogP contribution in [0.25, 0.3) is 0 Å². The lowest BCUT2D eigenvalue weighted by molar-refractivity contribution is 0.0366. The minimum absolute atomic E-state index is 0.122. The minimum atomic E-state index is -2.91. The van der Waals surface area contributed by atoms with Crippen molar-refractivity contribution >= 4 is 17.4 Å².